The van der Waals surface area contributed by atoms with Crippen molar-refractivity contribution in [1.29, 1.82) is 0 Å². The van der Waals surface area contributed by atoms with E-state index in [9.17, 15) is 4.79 Å². The van der Waals surface area contributed by atoms with Crippen LogP contribution in [0.5, 0.6) is 0 Å². The number of allylic oxidation sites excluding steroid dienone is 2. The summed E-state index contributed by atoms with van der Waals surface area (Å²) in [5, 5.41) is 6.87. The van der Waals surface area contributed by atoms with E-state index < -0.39 is 0 Å². The third-order valence-corrected chi connectivity index (χ3v) is 6.20. The summed E-state index contributed by atoms with van der Waals surface area (Å²) in [4.78, 5) is 12.2. The molecule has 0 saturated carbocycles. The van der Waals surface area contributed by atoms with Gasteiger partial charge in [-0.25, -0.2) is 0 Å². The molecule has 0 aromatic heterocycles. The molecule has 1 aliphatic heterocycles. The van der Waals surface area contributed by atoms with Gasteiger partial charge in [-0.2, -0.15) is 0 Å². The molecule has 2 aliphatic rings. The Morgan fingerprint density at radius 2 is 1.86 bits per heavy atom. The van der Waals surface area contributed by atoms with Crippen molar-refractivity contribution in [3.8, 4) is 0 Å². The highest BCUT2D eigenvalue weighted by Crippen LogP contribution is 2.50. The molecular weight excluding hydrogens is 356 g/mol. The van der Waals surface area contributed by atoms with E-state index >= 15 is 0 Å². The molecule has 3 unspecified atom stereocenters. The molecule has 0 spiro atoms. The van der Waals surface area contributed by atoms with Gasteiger partial charge in [-0.15, -0.1) is 0 Å². The number of hydrogen-bond donors (Lipinski definition) is 2. The van der Waals surface area contributed by atoms with Crippen LogP contribution in [0.3, 0.4) is 0 Å². The summed E-state index contributed by atoms with van der Waals surface area (Å²) in [6.07, 6.45) is 6.29. The van der Waals surface area contributed by atoms with Gasteiger partial charge in [0.05, 0.1) is 6.04 Å². The van der Waals surface area contributed by atoms with Crippen molar-refractivity contribution in [3.63, 3.8) is 0 Å². The summed E-state index contributed by atoms with van der Waals surface area (Å²) in [6.45, 7) is 8.60. The molecule has 1 aliphatic carbocycles. The molecule has 0 fully saturated rings. The predicted molar refractivity (Wildman–Crippen MR) is 121 cm³/mol. The molecule has 2 aromatic carbocycles. The summed E-state index contributed by atoms with van der Waals surface area (Å²) >= 11 is 0. The van der Waals surface area contributed by atoms with Gasteiger partial charge >= 0.3 is 0 Å². The molecule has 3 nitrogen and oxygen atoms in total. The number of amides is 1. The van der Waals surface area contributed by atoms with E-state index in [1.807, 2.05) is 6.07 Å². The van der Waals surface area contributed by atoms with Crippen LogP contribution in [0.15, 0.2) is 54.6 Å². The summed E-state index contributed by atoms with van der Waals surface area (Å²) in [6, 6.07) is 15.7. The molecule has 3 heteroatoms. The van der Waals surface area contributed by atoms with Crippen molar-refractivity contribution in [2.45, 2.75) is 58.4 Å². The second-order valence-corrected chi connectivity index (χ2v) is 9.25. The minimum Gasteiger partial charge on any atom is -0.378 e. The van der Waals surface area contributed by atoms with E-state index in [0.717, 1.165) is 12.1 Å². The molecule has 29 heavy (non-hydrogen) atoms. The van der Waals surface area contributed by atoms with Crippen molar-refractivity contribution in [2.75, 3.05) is 10.6 Å². The number of rotatable bonds is 5. The van der Waals surface area contributed by atoms with Crippen molar-refractivity contribution in [3.05, 3.63) is 71.3 Å². The molecule has 1 heterocycles. The molecule has 3 atom stereocenters. The van der Waals surface area contributed by atoms with Gasteiger partial charge in [0, 0.05) is 23.7 Å². The fraction of sp³-hybridized carbons (Fsp3) is 0.423. The quantitative estimate of drug-likeness (QED) is 0.565. The molecule has 152 valence electrons. The van der Waals surface area contributed by atoms with E-state index in [4.69, 9.17) is 0 Å². The van der Waals surface area contributed by atoms with Crippen LogP contribution in [-0.2, 0) is 4.79 Å². The molecule has 0 saturated heterocycles. The highest BCUT2D eigenvalue weighted by atomic mass is 16.1. The van der Waals surface area contributed by atoms with Gasteiger partial charge in [0.15, 0.2) is 0 Å². The number of benzene rings is 2. The zero-order valence-corrected chi connectivity index (χ0v) is 17.9. The molecule has 0 radical (unpaired) electrons. The number of nitrogens with one attached hydrogen (secondary N) is 2. The zero-order valence-electron chi connectivity index (χ0n) is 17.9. The Labute approximate surface area is 174 Å². The van der Waals surface area contributed by atoms with Crippen LogP contribution in [0.2, 0.25) is 0 Å². The maximum absolute atomic E-state index is 12.2. The molecular formula is C26H32N2O. The molecule has 2 N–H and O–H groups in total. The van der Waals surface area contributed by atoms with Crippen LogP contribution in [0.25, 0.3) is 0 Å². The average Bonchev–Trinajstić information content (AvgIpc) is 3.17. The lowest BCUT2D eigenvalue weighted by Crippen LogP contribution is -2.29. The van der Waals surface area contributed by atoms with Crippen LogP contribution in [-0.4, -0.2) is 5.91 Å². The van der Waals surface area contributed by atoms with Gasteiger partial charge in [0.1, 0.15) is 0 Å². The Bertz CT molecular complexity index is 911. The number of fused-ring (bicyclic) bond motifs is 3. The van der Waals surface area contributed by atoms with Crippen molar-refractivity contribution in [2.24, 2.45) is 11.8 Å². The van der Waals surface area contributed by atoms with Crippen LogP contribution in [0.1, 0.15) is 75.1 Å². The third-order valence-electron chi connectivity index (χ3n) is 6.20. The van der Waals surface area contributed by atoms with Crippen LogP contribution in [0, 0.1) is 11.8 Å². The Balaban J connectivity index is 1.59. The smallest absolute Gasteiger partial charge is 0.224 e. The number of carbonyl (C=O) groups is 1. The lowest BCUT2D eigenvalue weighted by atomic mass is 9.76. The molecule has 2 aromatic rings. The predicted octanol–water partition coefficient (Wildman–Crippen LogP) is 6.62. The maximum Gasteiger partial charge on any atom is 0.224 e. The zero-order chi connectivity index (χ0) is 20.5. The summed E-state index contributed by atoms with van der Waals surface area (Å²) < 4.78 is 0. The van der Waals surface area contributed by atoms with E-state index in [-0.39, 0.29) is 5.91 Å². The van der Waals surface area contributed by atoms with E-state index in [1.165, 1.54) is 22.4 Å². The maximum atomic E-state index is 12.2. The van der Waals surface area contributed by atoms with Gasteiger partial charge in [-0.1, -0.05) is 64.1 Å². The minimum absolute atomic E-state index is 0.0883. The largest absolute Gasteiger partial charge is 0.378 e. The van der Waals surface area contributed by atoms with Crippen LogP contribution in [0.4, 0.5) is 11.4 Å². The van der Waals surface area contributed by atoms with Crippen molar-refractivity contribution >= 4 is 17.3 Å². The molecule has 4 rings (SSSR count). The number of hydrogen-bond acceptors (Lipinski definition) is 2. The van der Waals surface area contributed by atoms with Crippen molar-refractivity contribution in [1.82, 2.24) is 0 Å². The molecule has 1 amide bonds. The van der Waals surface area contributed by atoms with Gasteiger partial charge in [0.25, 0.3) is 0 Å². The fourth-order valence-corrected chi connectivity index (χ4v) is 4.67. The van der Waals surface area contributed by atoms with E-state index in [1.54, 1.807) is 0 Å². The first-order valence-corrected chi connectivity index (χ1v) is 10.9. The summed E-state index contributed by atoms with van der Waals surface area (Å²) in [5.74, 6) is 1.90. The Morgan fingerprint density at radius 1 is 1.10 bits per heavy atom. The van der Waals surface area contributed by atoms with Gasteiger partial charge in [-0.3, -0.25) is 4.79 Å². The van der Waals surface area contributed by atoms with Gasteiger partial charge < -0.3 is 10.6 Å². The van der Waals surface area contributed by atoms with E-state index in [0.29, 0.717) is 36.1 Å². The first-order valence-electron chi connectivity index (χ1n) is 10.9. The SMILES string of the molecule is CC(C)CC(=O)Nc1ccc2c(c1)C1C=CCC1C(c1ccc(C(C)C)cc1)N2. The molecule has 0 bridgehead atoms. The monoisotopic (exact) mass is 388 g/mol. The minimum atomic E-state index is 0.0883. The standard InChI is InChI=1S/C26H32N2O/c1-16(2)14-25(29)27-20-12-13-24-23(15-20)21-6-5-7-22(21)26(28-24)19-10-8-18(9-11-19)17(3)4/h5-6,8-13,15-17,21-22,26,28H,7,14H2,1-4H3,(H,27,29). The number of anilines is 2. The Hall–Kier alpha value is -2.55. The second kappa shape index (κ2) is 8.06. The van der Waals surface area contributed by atoms with Gasteiger partial charge in [-0.05, 0) is 59.1 Å². The van der Waals surface area contributed by atoms with E-state index in [2.05, 4.69) is 86.9 Å². The lowest BCUT2D eigenvalue weighted by Gasteiger charge is -2.38. The second-order valence-electron chi connectivity index (χ2n) is 9.25. The summed E-state index contributed by atoms with van der Waals surface area (Å²) in [7, 11) is 0. The normalized spacial score (nSPS) is 22.3. The third kappa shape index (κ3) is 4.10. The van der Waals surface area contributed by atoms with Crippen LogP contribution < -0.4 is 10.6 Å². The Kier molecular flexibility index (Phi) is 5.49. The summed E-state index contributed by atoms with van der Waals surface area (Å²) in [5.41, 5.74) is 6.11. The first-order chi connectivity index (χ1) is 13.9. The van der Waals surface area contributed by atoms with Crippen molar-refractivity contribution < 1.29 is 4.79 Å². The number of carbonyl (C=O) groups excluding carboxylic acids is 1. The van der Waals surface area contributed by atoms with Gasteiger partial charge in [0.2, 0.25) is 5.91 Å². The lowest BCUT2D eigenvalue weighted by molar-refractivity contribution is -0.116. The average molecular weight is 389 g/mol. The first kappa shape index (κ1) is 19.8. The highest BCUT2D eigenvalue weighted by Gasteiger charge is 2.38. The van der Waals surface area contributed by atoms with Crippen LogP contribution >= 0.6 is 0 Å². The highest BCUT2D eigenvalue weighted by molar-refractivity contribution is 5.91. The Morgan fingerprint density at radius 3 is 2.55 bits per heavy atom. The fourth-order valence-electron chi connectivity index (χ4n) is 4.67. The topological polar surface area (TPSA) is 41.1 Å².